The fourth-order valence-corrected chi connectivity index (χ4v) is 3.00. The number of rotatable bonds is 4. The molecule has 0 aliphatic carbocycles. The van der Waals surface area contributed by atoms with E-state index in [-0.39, 0.29) is 10.7 Å². The lowest BCUT2D eigenvalue weighted by Crippen LogP contribution is -2.29. The quantitative estimate of drug-likeness (QED) is 0.581. The van der Waals surface area contributed by atoms with Gasteiger partial charge in [0.15, 0.2) is 5.69 Å². The molecule has 0 aliphatic rings. The Bertz CT molecular complexity index is 1000. The molecule has 1 N–H and O–H groups in total. The van der Waals surface area contributed by atoms with E-state index in [0.29, 0.717) is 15.3 Å². The highest BCUT2D eigenvalue weighted by atomic mass is 35.5. The molecule has 0 aliphatic heterocycles. The van der Waals surface area contributed by atoms with E-state index in [0.717, 1.165) is 6.20 Å². The van der Waals surface area contributed by atoms with Gasteiger partial charge in [0.2, 0.25) is 0 Å². The molecular formula is C19H14Cl2F3N3O. The van der Waals surface area contributed by atoms with E-state index in [9.17, 15) is 18.0 Å². The van der Waals surface area contributed by atoms with Gasteiger partial charge in [-0.3, -0.25) is 4.79 Å². The summed E-state index contributed by atoms with van der Waals surface area (Å²) in [5.74, 6) is -0.895. The topological polar surface area (TPSA) is 46.9 Å². The Balaban J connectivity index is 1.93. The van der Waals surface area contributed by atoms with Gasteiger partial charge in [-0.2, -0.15) is 18.3 Å². The number of aromatic nitrogens is 2. The number of nitrogens with zero attached hydrogens (tertiary/aromatic N) is 2. The van der Waals surface area contributed by atoms with Crippen molar-refractivity contribution < 1.29 is 18.0 Å². The summed E-state index contributed by atoms with van der Waals surface area (Å²) < 4.78 is 41.7. The van der Waals surface area contributed by atoms with Crippen molar-refractivity contribution in [3.63, 3.8) is 0 Å². The van der Waals surface area contributed by atoms with Gasteiger partial charge in [-0.25, -0.2) is 4.68 Å². The summed E-state index contributed by atoms with van der Waals surface area (Å²) in [6.07, 6.45) is -3.86. The lowest BCUT2D eigenvalue weighted by atomic mass is 10.1. The number of halogens is 5. The number of nitrogens with one attached hydrogen (secondary N) is 1. The van der Waals surface area contributed by atoms with Crippen molar-refractivity contribution in [1.82, 2.24) is 15.1 Å². The molecular weight excluding hydrogens is 414 g/mol. The average molecular weight is 428 g/mol. The summed E-state index contributed by atoms with van der Waals surface area (Å²) >= 11 is 11.8. The first kappa shape index (κ1) is 20.2. The van der Waals surface area contributed by atoms with Crippen LogP contribution in [0.25, 0.3) is 5.69 Å². The monoisotopic (exact) mass is 427 g/mol. The maximum atomic E-state index is 13.7. The smallest absolute Gasteiger partial charge is 0.345 e. The van der Waals surface area contributed by atoms with E-state index in [1.165, 1.54) is 12.1 Å². The molecule has 2 aromatic carbocycles. The van der Waals surface area contributed by atoms with Gasteiger partial charge in [0.05, 0.1) is 33.5 Å². The van der Waals surface area contributed by atoms with Crippen LogP contribution in [-0.4, -0.2) is 15.7 Å². The predicted molar refractivity (Wildman–Crippen MR) is 101 cm³/mol. The highest BCUT2D eigenvalue weighted by Crippen LogP contribution is 2.34. The minimum atomic E-state index is -4.77. The Labute approximate surface area is 168 Å². The second-order valence-electron chi connectivity index (χ2n) is 6.02. The van der Waals surface area contributed by atoms with Gasteiger partial charge in [0.1, 0.15) is 0 Å². The molecule has 146 valence electrons. The SMILES string of the molecule is CC(NC(=O)c1cnn(-c2ccccc2)c1C(F)(F)F)c1ccc(Cl)c(Cl)c1. The Morgan fingerprint density at radius 1 is 1.11 bits per heavy atom. The van der Waals surface area contributed by atoms with Crippen LogP contribution in [0, 0.1) is 0 Å². The summed E-state index contributed by atoms with van der Waals surface area (Å²) in [5, 5.41) is 6.94. The van der Waals surface area contributed by atoms with E-state index in [2.05, 4.69) is 10.4 Å². The standard InChI is InChI=1S/C19H14Cl2F3N3O/c1-11(12-7-8-15(20)16(21)9-12)26-18(28)14-10-25-27(17(14)19(22,23)24)13-5-3-2-4-6-13/h2-11H,1H3,(H,26,28). The molecule has 1 heterocycles. The van der Waals surface area contributed by atoms with Gasteiger partial charge in [-0.15, -0.1) is 0 Å². The third-order valence-corrected chi connectivity index (χ3v) is 4.81. The summed E-state index contributed by atoms with van der Waals surface area (Å²) in [6.45, 7) is 1.63. The molecule has 9 heteroatoms. The zero-order valence-electron chi connectivity index (χ0n) is 14.5. The van der Waals surface area contributed by atoms with E-state index in [1.54, 1.807) is 43.3 Å². The molecule has 0 radical (unpaired) electrons. The zero-order chi connectivity index (χ0) is 20.5. The van der Waals surface area contributed by atoms with Crippen LogP contribution in [0.3, 0.4) is 0 Å². The first-order valence-electron chi connectivity index (χ1n) is 8.15. The minimum Gasteiger partial charge on any atom is -0.345 e. The van der Waals surface area contributed by atoms with Gasteiger partial charge < -0.3 is 5.32 Å². The van der Waals surface area contributed by atoms with Crippen LogP contribution in [0.5, 0.6) is 0 Å². The van der Waals surface area contributed by atoms with Crippen molar-refractivity contribution >= 4 is 29.1 Å². The lowest BCUT2D eigenvalue weighted by molar-refractivity contribution is -0.143. The number of hydrogen-bond donors (Lipinski definition) is 1. The molecule has 0 fully saturated rings. The molecule has 0 bridgehead atoms. The van der Waals surface area contributed by atoms with E-state index in [1.807, 2.05) is 0 Å². The maximum absolute atomic E-state index is 13.7. The van der Waals surface area contributed by atoms with Crippen LogP contribution in [0.2, 0.25) is 10.0 Å². The molecule has 1 unspecified atom stereocenters. The average Bonchev–Trinajstić information content (AvgIpc) is 3.10. The Morgan fingerprint density at radius 2 is 1.79 bits per heavy atom. The fraction of sp³-hybridized carbons (Fsp3) is 0.158. The Hall–Kier alpha value is -2.51. The number of amides is 1. The van der Waals surface area contributed by atoms with Crippen molar-refractivity contribution in [2.45, 2.75) is 19.1 Å². The molecule has 28 heavy (non-hydrogen) atoms. The first-order valence-corrected chi connectivity index (χ1v) is 8.90. The van der Waals surface area contributed by atoms with Crippen LogP contribution in [0.15, 0.2) is 54.7 Å². The van der Waals surface area contributed by atoms with Crippen LogP contribution in [0.1, 0.15) is 34.6 Å². The molecule has 0 saturated heterocycles. The van der Waals surface area contributed by atoms with Crippen LogP contribution >= 0.6 is 23.2 Å². The molecule has 1 aromatic heterocycles. The van der Waals surface area contributed by atoms with E-state index < -0.39 is 29.4 Å². The minimum absolute atomic E-state index is 0.200. The van der Waals surface area contributed by atoms with Crippen molar-refractivity contribution in [2.24, 2.45) is 0 Å². The van der Waals surface area contributed by atoms with Crippen LogP contribution < -0.4 is 5.32 Å². The third-order valence-electron chi connectivity index (χ3n) is 4.07. The van der Waals surface area contributed by atoms with Gasteiger partial charge in [-0.05, 0) is 36.8 Å². The van der Waals surface area contributed by atoms with Gasteiger partial charge in [-0.1, -0.05) is 47.5 Å². The summed E-state index contributed by atoms with van der Waals surface area (Å²) in [5.41, 5.74) is -0.904. The van der Waals surface area contributed by atoms with Gasteiger partial charge >= 0.3 is 6.18 Å². The zero-order valence-corrected chi connectivity index (χ0v) is 16.0. The van der Waals surface area contributed by atoms with Crippen LogP contribution in [-0.2, 0) is 6.18 Å². The van der Waals surface area contributed by atoms with E-state index >= 15 is 0 Å². The summed E-state index contributed by atoms with van der Waals surface area (Å²) in [6, 6.07) is 11.9. The van der Waals surface area contributed by atoms with Crippen molar-refractivity contribution in [3.05, 3.63) is 81.6 Å². The second kappa shape index (κ2) is 7.85. The molecule has 4 nitrogen and oxygen atoms in total. The third kappa shape index (κ3) is 4.15. The van der Waals surface area contributed by atoms with Crippen LogP contribution in [0.4, 0.5) is 13.2 Å². The highest BCUT2D eigenvalue weighted by Gasteiger charge is 2.40. The van der Waals surface area contributed by atoms with Crippen molar-refractivity contribution in [3.8, 4) is 5.69 Å². The number of hydrogen-bond acceptors (Lipinski definition) is 2. The number of benzene rings is 2. The number of carbonyl (C=O) groups excluding carboxylic acids is 1. The second-order valence-corrected chi connectivity index (χ2v) is 6.84. The Kier molecular flexibility index (Phi) is 5.67. The lowest BCUT2D eigenvalue weighted by Gasteiger charge is -2.16. The molecule has 3 aromatic rings. The predicted octanol–water partition coefficient (Wildman–Crippen LogP) is 5.69. The molecule has 1 amide bonds. The maximum Gasteiger partial charge on any atom is 0.434 e. The largest absolute Gasteiger partial charge is 0.434 e. The summed E-state index contributed by atoms with van der Waals surface area (Å²) in [7, 11) is 0. The normalized spacial score (nSPS) is 12.6. The first-order chi connectivity index (χ1) is 13.2. The number of alkyl halides is 3. The van der Waals surface area contributed by atoms with Crippen molar-refractivity contribution in [2.75, 3.05) is 0 Å². The fourth-order valence-electron chi connectivity index (χ4n) is 2.69. The molecule has 1 atom stereocenters. The highest BCUT2D eigenvalue weighted by molar-refractivity contribution is 6.42. The molecule has 0 saturated carbocycles. The van der Waals surface area contributed by atoms with Gasteiger partial charge in [0.25, 0.3) is 5.91 Å². The summed E-state index contributed by atoms with van der Waals surface area (Å²) in [4.78, 5) is 12.6. The van der Waals surface area contributed by atoms with Crippen molar-refractivity contribution in [1.29, 1.82) is 0 Å². The number of carbonyl (C=O) groups is 1. The molecule has 0 spiro atoms. The number of para-hydroxylation sites is 1. The van der Waals surface area contributed by atoms with E-state index in [4.69, 9.17) is 23.2 Å². The molecule has 3 rings (SSSR count). The van der Waals surface area contributed by atoms with Gasteiger partial charge in [0, 0.05) is 0 Å². The Morgan fingerprint density at radius 3 is 2.39 bits per heavy atom.